The zero-order chi connectivity index (χ0) is 13.9. The lowest BCUT2D eigenvalue weighted by atomic mass is 9.96. The van der Waals surface area contributed by atoms with E-state index in [1.165, 1.54) is 0 Å². The number of rotatable bonds is 3. The minimum Gasteiger partial charge on any atom is -0.381 e. The summed E-state index contributed by atoms with van der Waals surface area (Å²) >= 11 is 0. The van der Waals surface area contributed by atoms with Crippen molar-refractivity contribution in [2.24, 2.45) is 0 Å². The summed E-state index contributed by atoms with van der Waals surface area (Å²) in [5.74, 6) is 1.81. The van der Waals surface area contributed by atoms with Crippen molar-refractivity contribution in [3.8, 4) is 0 Å². The Kier molecular flexibility index (Phi) is 4.03. The molecule has 2 aliphatic heterocycles. The van der Waals surface area contributed by atoms with Gasteiger partial charge in [-0.2, -0.15) is 4.98 Å². The highest BCUT2D eigenvalue weighted by Crippen LogP contribution is 2.29. The van der Waals surface area contributed by atoms with Crippen molar-refractivity contribution >= 4 is 11.8 Å². The van der Waals surface area contributed by atoms with Gasteiger partial charge < -0.3 is 20.7 Å². The number of ether oxygens (including phenoxy) is 1. The number of nitrogen functional groups attached to an aromatic ring is 1. The third-order valence-electron chi connectivity index (χ3n) is 4.31. The Morgan fingerprint density at radius 3 is 2.80 bits per heavy atom. The molecule has 6 nitrogen and oxygen atoms in total. The van der Waals surface area contributed by atoms with Gasteiger partial charge in [-0.3, -0.25) is 0 Å². The van der Waals surface area contributed by atoms with Crippen molar-refractivity contribution in [2.75, 3.05) is 44.0 Å². The second-order valence-electron chi connectivity index (χ2n) is 5.62. The van der Waals surface area contributed by atoms with Crippen LogP contribution in [-0.2, 0) is 4.74 Å². The topological polar surface area (TPSA) is 76.3 Å². The second-order valence-corrected chi connectivity index (χ2v) is 5.62. The summed E-state index contributed by atoms with van der Waals surface area (Å²) in [6, 6.07) is 2.66. The number of hydrogen-bond acceptors (Lipinski definition) is 6. The van der Waals surface area contributed by atoms with E-state index in [2.05, 4.69) is 26.3 Å². The van der Waals surface area contributed by atoms with E-state index in [0.29, 0.717) is 17.9 Å². The fourth-order valence-corrected chi connectivity index (χ4v) is 3.04. The van der Waals surface area contributed by atoms with Crippen LogP contribution in [0.4, 0.5) is 11.8 Å². The molecule has 3 rings (SSSR count). The van der Waals surface area contributed by atoms with E-state index in [-0.39, 0.29) is 0 Å². The SMILES string of the molecule is CN[C@@H]1CCN(c2cc(C3CCOCC3)nc(N)n2)C1. The lowest BCUT2D eigenvalue weighted by molar-refractivity contribution is 0.0845. The first kappa shape index (κ1) is 13.6. The molecule has 2 fully saturated rings. The van der Waals surface area contributed by atoms with Crippen LogP contribution < -0.4 is 16.0 Å². The van der Waals surface area contributed by atoms with Gasteiger partial charge in [-0.25, -0.2) is 4.98 Å². The van der Waals surface area contributed by atoms with Gasteiger partial charge in [0, 0.05) is 44.3 Å². The molecule has 0 aromatic carbocycles. The molecular formula is C14H23N5O. The van der Waals surface area contributed by atoms with Crippen molar-refractivity contribution in [2.45, 2.75) is 31.2 Å². The Hall–Kier alpha value is -1.40. The van der Waals surface area contributed by atoms with Crippen molar-refractivity contribution in [3.05, 3.63) is 11.8 Å². The minimum atomic E-state index is 0.386. The van der Waals surface area contributed by atoms with Crippen LogP contribution in [-0.4, -0.2) is 49.4 Å². The summed E-state index contributed by atoms with van der Waals surface area (Å²) in [6.45, 7) is 3.64. The monoisotopic (exact) mass is 277 g/mol. The van der Waals surface area contributed by atoms with Crippen molar-refractivity contribution < 1.29 is 4.74 Å². The van der Waals surface area contributed by atoms with Gasteiger partial charge in [0.15, 0.2) is 0 Å². The number of likely N-dealkylation sites (N-methyl/N-ethyl adjacent to an activating group) is 1. The molecule has 0 spiro atoms. The molecule has 20 heavy (non-hydrogen) atoms. The maximum Gasteiger partial charge on any atom is 0.222 e. The quantitative estimate of drug-likeness (QED) is 0.849. The standard InChI is InChI=1S/C14H23N5O/c1-16-11-2-5-19(9-11)13-8-12(17-14(15)18-13)10-3-6-20-7-4-10/h8,10-11,16H,2-7,9H2,1H3,(H2,15,17,18)/t11-/m1/s1. The van der Waals surface area contributed by atoms with E-state index in [0.717, 1.165) is 57.1 Å². The van der Waals surface area contributed by atoms with Crippen LogP contribution in [0.15, 0.2) is 6.07 Å². The summed E-state index contributed by atoms with van der Waals surface area (Å²) in [5.41, 5.74) is 6.98. The molecule has 1 atom stereocenters. The Balaban J connectivity index is 1.79. The van der Waals surface area contributed by atoms with Crippen LogP contribution in [0.2, 0.25) is 0 Å². The Morgan fingerprint density at radius 2 is 2.10 bits per heavy atom. The largest absolute Gasteiger partial charge is 0.381 e. The minimum absolute atomic E-state index is 0.386. The molecule has 6 heteroatoms. The van der Waals surface area contributed by atoms with Crippen LogP contribution in [0.5, 0.6) is 0 Å². The number of nitrogens with two attached hydrogens (primary N) is 1. The highest BCUT2D eigenvalue weighted by molar-refractivity contribution is 5.45. The number of nitrogens with one attached hydrogen (secondary N) is 1. The van der Waals surface area contributed by atoms with Crippen LogP contribution in [0, 0.1) is 0 Å². The zero-order valence-electron chi connectivity index (χ0n) is 12.0. The van der Waals surface area contributed by atoms with Gasteiger partial charge in [0.1, 0.15) is 5.82 Å². The van der Waals surface area contributed by atoms with Gasteiger partial charge in [-0.15, -0.1) is 0 Å². The van der Waals surface area contributed by atoms with Gasteiger partial charge in [0.05, 0.1) is 5.69 Å². The number of nitrogens with zero attached hydrogens (tertiary/aromatic N) is 3. The number of anilines is 2. The van der Waals surface area contributed by atoms with Gasteiger partial charge in [0.25, 0.3) is 0 Å². The highest BCUT2D eigenvalue weighted by Gasteiger charge is 2.24. The molecule has 2 saturated heterocycles. The van der Waals surface area contributed by atoms with Crippen LogP contribution in [0.25, 0.3) is 0 Å². The van der Waals surface area contributed by atoms with Gasteiger partial charge in [-0.05, 0) is 26.3 Å². The molecule has 3 N–H and O–H groups in total. The highest BCUT2D eigenvalue weighted by atomic mass is 16.5. The third kappa shape index (κ3) is 2.86. The molecule has 110 valence electrons. The second kappa shape index (κ2) is 5.93. The average molecular weight is 277 g/mol. The summed E-state index contributed by atoms with van der Waals surface area (Å²) < 4.78 is 5.42. The fourth-order valence-electron chi connectivity index (χ4n) is 3.04. The summed E-state index contributed by atoms with van der Waals surface area (Å²) in [7, 11) is 2.01. The number of aromatic nitrogens is 2. The molecule has 0 unspecified atom stereocenters. The van der Waals surface area contributed by atoms with Gasteiger partial charge in [0.2, 0.25) is 5.95 Å². The van der Waals surface area contributed by atoms with Gasteiger partial charge in [-0.1, -0.05) is 0 Å². The average Bonchev–Trinajstić information content (AvgIpc) is 2.96. The number of hydrogen-bond donors (Lipinski definition) is 2. The molecule has 0 amide bonds. The molecule has 2 aliphatic rings. The molecule has 0 bridgehead atoms. The van der Waals surface area contributed by atoms with Crippen LogP contribution in [0.3, 0.4) is 0 Å². The maximum absolute atomic E-state index is 5.91. The van der Waals surface area contributed by atoms with Crippen LogP contribution in [0.1, 0.15) is 30.9 Å². The summed E-state index contributed by atoms with van der Waals surface area (Å²) in [5, 5.41) is 3.32. The Morgan fingerprint density at radius 1 is 1.30 bits per heavy atom. The summed E-state index contributed by atoms with van der Waals surface area (Å²) in [4.78, 5) is 11.1. The maximum atomic E-state index is 5.91. The normalized spacial score (nSPS) is 24.2. The lowest BCUT2D eigenvalue weighted by Crippen LogP contribution is -2.30. The first-order chi connectivity index (χ1) is 9.76. The predicted molar refractivity (Wildman–Crippen MR) is 78.9 cm³/mol. The van der Waals surface area contributed by atoms with Crippen molar-refractivity contribution in [1.29, 1.82) is 0 Å². The van der Waals surface area contributed by atoms with E-state index in [9.17, 15) is 0 Å². The molecule has 0 radical (unpaired) electrons. The fraction of sp³-hybridized carbons (Fsp3) is 0.714. The summed E-state index contributed by atoms with van der Waals surface area (Å²) in [6.07, 6.45) is 3.19. The lowest BCUT2D eigenvalue weighted by Gasteiger charge is -2.24. The third-order valence-corrected chi connectivity index (χ3v) is 4.31. The van der Waals surface area contributed by atoms with Crippen LogP contribution >= 0.6 is 0 Å². The molecule has 3 heterocycles. The Bertz CT molecular complexity index is 461. The smallest absolute Gasteiger partial charge is 0.222 e. The molecule has 1 aromatic rings. The van der Waals surface area contributed by atoms with Gasteiger partial charge >= 0.3 is 0 Å². The zero-order valence-corrected chi connectivity index (χ0v) is 12.0. The van der Waals surface area contributed by atoms with E-state index in [4.69, 9.17) is 10.5 Å². The predicted octanol–water partition coefficient (Wildman–Crippen LogP) is 0.751. The Labute approximate surface area is 119 Å². The molecule has 0 aliphatic carbocycles. The van der Waals surface area contributed by atoms with Crippen molar-refractivity contribution in [3.63, 3.8) is 0 Å². The van der Waals surface area contributed by atoms with E-state index in [1.54, 1.807) is 0 Å². The molecule has 0 saturated carbocycles. The van der Waals surface area contributed by atoms with Crippen molar-refractivity contribution in [1.82, 2.24) is 15.3 Å². The first-order valence-corrected chi connectivity index (χ1v) is 7.40. The first-order valence-electron chi connectivity index (χ1n) is 7.40. The van der Waals surface area contributed by atoms with E-state index < -0.39 is 0 Å². The van der Waals surface area contributed by atoms with E-state index >= 15 is 0 Å². The van der Waals surface area contributed by atoms with E-state index in [1.807, 2.05) is 7.05 Å². The molecule has 1 aromatic heterocycles. The molecular weight excluding hydrogens is 254 g/mol.